The van der Waals surface area contributed by atoms with Crippen molar-refractivity contribution < 1.29 is 4.79 Å². The fourth-order valence-corrected chi connectivity index (χ4v) is 6.39. The van der Waals surface area contributed by atoms with Crippen LogP contribution in [0.3, 0.4) is 0 Å². The lowest BCUT2D eigenvalue weighted by Crippen LogP contribution is -2.33. The maximum atomic E-state index is 12.8. The summed E-state index contributed by atoms with van der Waals surface area (Å²) in [5.74, 6) is 1.27. The average Bonchev–Trinajstić information content (AvgIpc) is 3.29. The molecule has 3 heterocycles. The molecule has 2 aromatic heterocycles. The standard InChI is InChI=1S/C17H24N4OS2/c1-3-20(4-2)17-19-15-13(24-17)7-14(23-15)16(22)21-8-10-5-6-12(18)11(10)9-21/h7,10-12H,3-6,8-9,18H2,1-2H3. The Morgan fingerprint density at radius 1 is 1.33 bits per heavy atom. The quantitative estimate of drug-likeness (QED) is 0.906. The molecule has 2 fully saturated rings. The third kappa shape index (κ3) is 2.62. The topological polar surface area (TPSA) is 62.5 Å². The summed E-state index contributed by atoms with van der Waals surface area (Å²) in [4.78, 5) is 23.6. The molecule has 130 valence electrons. The molecule has 3 unspecified atom stereocenters. The van der Waals surface area contributed by atoms with E-state index in [4.69, 9.17) is 10.7 Å². The SMILES string of the molecule is CCN(CC)c1nc2sc(C(=O)N3CC4CCC(N)C4C3)cc2s1. The highest BCUT2D eigenvalue weighted by Gasteiger charge is 2.42. The summed E-state index contributed by atoms with van der Waals surface area (Å²) in [6.07, 6.45) is 2.29. The van der Waals surface area contributed by atoms with Gasteiger partial charge in [-0.25, -0.2) is 4.98 Å². The molecule has 0 radical (unpaired) electrons. The molecule has 2 aliphatic rings. The first-order chi connectivity index (χ1) is 11.6. The van der Waals surface area contributed by atoms with Crippen molar-refractivity contribution in [2.24, 2.45) is 17.6 Å². The van der Waals surface area contributed by atoms with Crippen molar-refractivity contribution in [3.8, 4) is 0 Å². The number of amides is 1. The number of hydrogen-bond acceptors (Lipinski definition) is 6. The second-order valence-electron chi connectivity index (χ2n) is 6.82. The largest absolute Gasteiger partial charge is 0.349 e. The van der Waals surface area contributed by atoms with Gasteiger partial charge in [-0.3, -0.25) is 4.79 Å². The molecule has 1 saturated carbocycles. The van der Waals surface area contributed by atoms with Crippen LogP contribution in [0, 0.1) is 11.8 Å². The Morgan fingerprint density at radius 2 is 2.12 bits per heavy atom. The van der Waals surface area contributed by atoms with Crippen molar-refractivity contribution in [3.05, 3.63) is 10.9 Å². The van der Waals surface area contributed by atoms with Crippen molar-refractivity contribution >= 4 is 43.2 Å². The van der Waals surface area contributed by atoms with Gasteiger partial charge in [0.25, 0.3) is 5.91 Å². The van der Waals surface area contributed by atoms with Crippen molar-refractivity contribution in [3.63, 3.8) is 0 Å². The fourth-order valence-electron chi connectivity index (χ4n) is 4.09. The van der Waals surface area contributed by atoms with Gasteiger partial charge in [0, 0.05) is 32.2 Å². The van der Waals surface area contributed by atoms with Crippen LogP contribution in [0.5, 0.6) is 0 Å². The Morgan fingerprint density at radius 3 is 2.79 bits per heavy atom. The maximum absolute atomic E-state index is 12.8. The van der Waals surface area contributed by atoms with Gasteiger partial charge >= 0.3 is 0 Å². The van der Waals surface area contributed by atoms with Crippen LogP contribution >= 0.6 is 22.7 Å². The molecule has 3 atom stereocenters. The van der Waals surface area contributed by atoms with Crippen molar-refractivity contribution in [1.29, 1.82) is 0 Å². The monoisotopic (exact) mass is 364 g/mol. The van der Waals surface area contributed by atoms with E-state index >= 15 is 0 Å². The first kappa shape index (κ1) is 16.3. The lowest BCUT2D eigenvalue weighted by Gasteiger charge is -2.18. The number of carbonyl (C=O) groups excluding carboxylic acids is 1. The molecule has 5 nitrogen and oxygen atoms in total. The highest BCUT2D eigenvalue weighted by Crippen LogP contribution is 2.39. The van der Waals surface area contributed by atoms with E-state index in [1.54, 1.807) is 11.3 Å². The van der Waals surface area contributed by atoms with E-state index in [1.807, 2.05) is 11.0 Å². The van der Waals surface area contributed by atoms with Crippen molar-refractivity contribution in [2.75, 3.05) is 31.1 Å². The normalized spacial score (nSPS) is 26.3. The lowest BCUT2D eigenvalue weighted by atomic mass is 9.98. The van der Waals surface area contributed by atoms with Crippen molar-refractivity contribution in [2.45, 2.75) is 32.7 Å². The van der Waals surface area contributed by atoms with Crippen LogP contribution in [0.15, 0.2) is 6.07 Å². The molecule has 0 aromatic carbocycles. The maximum Gasteiger partial charge on any atom is 0.264 e. The molecule has 0 bridgehead atoms. The summed E-state index contributed by atoms with van der Waals surface area (Å²) in [5.41, 5.74) is 6.19. The van der Waals surface area contributed by atoms with Gasteiger partial charge in [-0.05, 0) is 44.6 Å². The predicted octanol–water partition coefficient (Wildman–Crippen LogP) is 3.01. The number of aromatic nitrogens is 1. The summed E-state index contributed by atoms with van der Waals surface area (Å²) in [6, 6.07) is 2.30. The van der Waals surface area contributed by atoms with Gasteiger partial charge in [0.05, 0.1) is 9.58 Å². The second kappa shape index (κ2) is 6.28. The number of carbonyl (C=O) groups is 1. The Balaban J connectivity index is 1.52. The van der Waals surface area contributed by atoms with Gasteiger partial charge in [0.2, 0.25) is 0 Å². The minimum atomic E-state index is 0.163. The molecule has 2 N–H and O–H groups in total. The number of thiazole rings is 1. The highest BCUT2D eigenvalue weighted by molar-refractivity contribution is 7.29. The molecular weight excluding hydrogens is 340 g/mol. The van der Waals surface area contributed by atoms with Crippen molar-refractivity contribution in [1.82, 2.24) is 9.88 Å². The smallest absolute Gasteiger partial charge is 0.264 e. The molecule has 1 aliphatic carbocycles. The van der Waals surface area contributed by atoms with E-state index in [0.29, 0.717) is 11.8 Å². The molecule has 1 saturated heterocycles. The number of thiophene rings is 1. The van der Waals surface area contributed by atoms with Gasteiger partial charge in [0.1, 0.15) is 4.83 Å². The van der Waals surface area contributed by atoms with E-state index in [9.17, 15) is 4.79 Å². The van der Waals surface area contributed by atoms with Crippen LogP contribution < -0.4 is 10.6 Å². The Hall–Kier alpha value is -1.18. The van der Waals surface area contributed by atoms with E-state index in [-0.39, 0.29) is 11.9 Å². The number of anilines is 1. The zero-order valence-corrected chi connectivity index (χ0v) is 15.8. The van der Waals surface area contributed by atoms with E-state index in [0.717, 1.165) is 52.1 Å². The first-order valence-corrected chi connectivity index (χ1v) is 10.4. The Bertz CT molecular complexity index is 719. The molecular formula is C17H24N4OS2. The minimum absolute atomic E-state index is 0.163. The van der Waals surface area contributed by atoms with Gasteiger partial charge < -0.3 is 15.5 Å². The Kier molecular flexibility index (Phi) is 4.26. The molecule has 4 rings (SSSR count). The second-order valence-corrected chi connectivity index (χ2v) is 8.86. The van der Waals surface area contributed by atoms with Gasteiger partial charge in [0.15, 0.2) is 5.13 Å². The van der Waals surface area contributed by atoms with Gasteiger partial charge in [-0.2, -0.15) is 0 Å². The number of nitrogens with two attached hydrogens (primary N) is 1. The summed E-state index contributed by atoms with van der Waals surface area (Å²) in [5, 5.41) is 1.06. The summed E-state index contributed by atoms with van der Waals surface area (Å²) in [6.45, 7) is 7.90. The van der Waals surface area contributed by atoms with Crippen LogP contribution in [-0.2, 0) is 0 Å². The molecule has 7 heteroatoms. The number of likely N-dealkylation sites (tertiary alicyclic amines) is 1. The third-order valence-corrected chi connectivity index (χ3v) is 7.73. The number of rotatable bonds is 4. The van der Waals surface area contributed by atoms with Crippen LogP contribution in [0.4, 0.5) is 5.13 Å². The zero-order chi connectivity index (χ0) is 16.8. The Labute approximate surface area is 150 Å². The van der Waals surface area contributed by atoms with Crippen LogP contribution in [0.1, 0.15) is 36.4 Å². The summed E-state index contributed by atoms with van der Waals surface area (Å²) in [7, 11) is 0. The number of hydrogen-bond donors (Lipinski definition) is 1. The molecule has 0 spiro atoms. The fraction of sp³-hybridized carbons (Fsp3) is 0.647. The van der Waals surface area contributed by atoms with Crippen LogP contribution in [0.2, 0.25) is 0 Å². The molecule has 1 amide bonds. The molecule has 2 aromatic rings. The zero-order valence-electron chi connectivity index (χ0n) is 14.2. The third-order valence-electron chi connectivity index (χ3n) is 5.52. The van der Waals surface area contributed by atoms with Gasteiger partial charge in [-0.1, -0.05) is 11.3 Å². The molecule has 1 aliphatic heterocycles. The van der Waals surface area contributed by atoms with Crippen LogP contribution in [0.25, 0.3) is 9.53 Å². The van der Waals surface area contributed by atoms with E-state index in [2.05, 4.69) is 18.7 Å². The lowest BCUT2D eigenvalue weighted by molar-refractivity contribution is 0.0784. The van der Waals surface area contributed by atoms with Gasteiger partial charge in [-0.15, -0.1) is 11.3 Å². The molecule has 24 heavy (non-hydrogen) atoms. The van der Waals surface area contributed by atoms with E-state index < -0.39 is 0 Å². The minimum Gasteiger partial charge on any atom is -0.349 e. The summed E-state index contributed by atoms with van der Waals surface area (Å²) < 4.78 is 1.13. The van der Waals surface area contributed by atoms with E-state index in [1.165, 1.54) is 17.8 Å². The summed E-state index contributed by atoms with van der Waals surface area (Å²) >= 11 is 3.22. The highest BCUT2D eigenvalue weighted by atomic mass is 32.1. The predicted molar refractivity (Wildman–Crippen MR) is 101 cm³/mol. The first-order valence-electron chi connectivity index (χ1n) is 8.80. The van der Waals surface area contributed by atoms with Crippen LogP contribution in [-0.4, -0.2) is 48.0 Å². The number of nitrogens with zero attached hydrogens (tertiary/aromatic N) is 3. The average molecular weight is 365 g/mol. The number of fused-ring (bicyclic) bond motifs is 2.